The first-order chi connectivity index (χ1) is 11.8. The number of benzene rings is 1. The lowest BCUT2D eigenvalue weighted by Crippen LogP contribution is -2.45. The lowest BCUT2D eigenvalue weighted by atomic mass is 10.0. The molecule has 4 heteroatoms. The first-order valence-corrected chi connectivity index (χ1v) is 9.42. The molecule has 25 heavy (non-hydrogen) atoms. The van der Waals surface area contributed by atoms with Gasteiger partial charge in [-0.2, -0.15) is 0 Å². The third-order valence-corrected chi connectivity index (χ3v) is 5.69. The van der Waals surface area contributed by atoms with Gasteiger partial charge in [0.15, 0.2) is 5.78 Å². The number of piperidine rings is 1. The van der Waals surface area contributed by atoms with Crippen molar-refractivity contribution in [2.24, 2.45) is 11.8 Å². The number of carbonyl (C=O) groups excluding carboxylic acids is 2. The number of rotatable bonds is 4. The Hall–Kier alpha value is -1.84. The smallest absolute Gasteiger partial charge is 0.411 e. The number of Topliss-reactive ketones (excluding diaryl/α,β-unsaturated/α-hetero) is 1. The van der Waals surface area contributed by atoms with Gasteiger partial charge < -0.3 is 4.74 Å². The number of likely N-dealkylation sites (tertiary alicyclic amines) is 1. The molecule has 1 aromatic carbocycles. The first-order valence-electron chi connectivity index (χ1n) is 9.42. The van der Waals surface area contributed by atoms with Crippen molar-refractivity contribution >= 4 is 11.9 Å². The van der Waals surface area contributed by atoms with Crippen LogP contribution in [0.15, 0.2) is 30.3 Å². The Labute approximate surface area is 149 Å². The van der Waals surface area contributed by atoms with Crippen LogP contribution in [0.2, 0.25) is 0 Å². The van der Waals surface area contributed by atoms with Gasteiger partial charge in [-0.25, -0.2) is 4.79 Å². The fourth-order valence-electron chi connectivity index (χ4n) is 4.30. The number of hydrogen-bond acceptors (Lipinski definition) is 3. The van der Waals surface area contributed by atoms with Crippen molar-refractivity contribution in [1.29, 1.82) is 0 Å². The quantitative estimate of drug-likeness (QED) is 0.826. The molecule has 2 aliphatic carbocycles. The van der Waals surface area contributed by atoms with Gasteiger partial charge in [0.25, 0.3) is 0 Å². The minimum absolute atomic E-state index is 0.224. The van der Waals surface area contributed by atoms with Gasteiger partial charge in [-0.3, -0.25) is 9.69 Å². The molecule has 0 unspecified atom stereocenters. The summed E-state index contributed by atoms with van der Waals surface area (Å²) in [6.45, 7) is 5.62. The van der Waals surface area contributed by atoms with Crippen molar-refractivity contribution in [3.63, 3.8) is 0 Å². The number of ether oxygens (including phenoxy) is 1. The monoisotopic (exact) mass is 341 g/mol. The van der Waals surface area contributed by atoms with E-state index in [1.807, 2.05) is 26.8 Å². The molecule has 3 aliphatic rings. The van der Waals surface area contributed by atoms with Crippen molar-refractivity contribution in [3.8, 4) is 0 Å². The summed E-state index contributed by atoms with van der Waals surface area (Å²) in [5, 5.41) is 0. The average molecular weight is 341 g/mol. The maximum absolute atomic E-state index is 12.9. The molecule has 5 atom stereocenters. The van der Waals surface area contributed by atoms with Crippen LogP contribution in [-0.4, -0.2) is 34.5 Å². The SMILES string of the molecule is CC(C)(C)OC(=O)N1[C@@H]2C[C@@H]2C[C@H]1C(=O)C[C@H]1C[C@@H]1c1ccccc1. The van der Waals surface area contributed by atoms with E-state index < -0.39 is 5.60 Å². The number of hydrogen-bond donors (Lipinski definition) is 0. The largest absolute Gasteiger partial charge is 0.444 e. The number of ketones is 1. The Balaban J connectivity index is 1.38. The van der Waals surface area contributed by atoms with Crippen LogP contribution in [0.4, 0.5) is 4.79 Å². The molecule has 0 spiro atoms. The predicted octanol–water partition coefficient (Wildman–Crippen LogP) is 4.15. The van der Waals surface area contributed by atoms with Gasteiger partial charge in [-0.1, -0.05) is 30.3 Å². The Morgan fingerprint density at radius 2 is 1.84 bits per heavy atom. The second-order valence-electron chi connectivity index (χ2n) is 8.89. The lowest BCUT2D eigenvalue weighted by Gasteiger charge is -2.30. The van der Waals surface area contributed by atoms with Gasteiger partial charge in [0.1, 0.15) is 5.60 Å². The highest BCUT2D eigenvalue weighted by atomic mass is 16.6. The van der Waals surface area contributed by atoms with Crippen molar-refractivity contribution in [2.75, 3.05) is 0 Å². The molecule has 134 valence electrons. The van der Waals surface area contributed by atoms with E-state index >= 15 is 0 Å². The van der Waals surface area contributed by atoms with Crippen molar-refractivity contribution in [1.82, 2.24) is 4.90 Å². The minimum atomic E-state index is -0.521. The molecule has 1 amide bonds. The Morgan fingerprint density at radius 3 is 2.52 bits per heavy atom. The standard InChI is InChI=1S/C21H27NO3/c1-21(2,3)25-20(24)22-17-10-15(17)11-18(22)19(23)12-14-9-16(14)13-7-5-4-6-8-13/h4-8,14-18H,9-12H2,1-3H3/t14-,15-,16-,17-,18+/m1/s1. The molecule has 1 aromatic rings. The third-order valence-electron chi connectivity index (χ3n) is 5.69. The molecule has 4 nitrogen and oxygen atoms in total. The summed E-state index contributed by atoms with van der Waals surface area (Å²) in [4.78, 5) is 27.2. The molecule has 0 aromatic heterocycles. The Kier molecular flexibility index (Phi) is 3.89. The van der Waals surface area contributed by atoms with Gasteiger partial charge in [-0.15, -0.1) is 0 Å². The second-order valence-corrected chi connectivity index (χ2v) is 8.89. The molecule has 0 bridgehead atoms. The molecule has 4 rings (SSSR count). The maximum atomic E-state index is 12.9. The molecular formula is C21H27NO3. The van der Waals surface area contributed by atoms with E-state index in [1.165, 1.54) is 5.56 Å². The normalized spacial score (nSPS) is 32.9. The van der Waals surface area contributed by atoms with Gasteiger partial charge in [0.2, 0.25) is 0 Å². The van der Waals surface area contributed by atoms with Gasteiger partial charge in [0.05, 0.1) is 6.04 Å². The highest BCUT2D eigenvalue weighted by Crippen LogP contribution is 2.52. The highest BCUT2D eigenvalue weighted by Gasteiger charge is 2.57. The second kappa shape index (κ2) is 5.86. The van der Waals surface area contributed by atoms with Crippen LogP contribution in [0, 0.1) is 11.8 Å². The van der Waals surface area contributed by atoms with Crippen LogP contribution < -0.4 is 0 Å². The zero-order valence-electron chi connectivity index (χ0n) is 15.3. The van der Waals surface area contributed by atoms with E-state index in [2.05, 4.69) is 24.3 Å². The van der Waals surface area contributed by atoms with Crippen molar-refractivity contribution in [3.05, 3.63) is 35.9 Å². The van der Waals surface area contributed by atoms with Crippen LogP contribution in [0.25, 0.3) is 0 Å². The Morgan fingerprint density at radius 1 is 1.12 bits per heavy atom. The summed E-state index contributed by atoms with van der Waals surface area (Å²) in [6.07, 6.45) is 3.21. The van der Waals surface area contributed by atoms with Crippen LogP contribution >= 0.6 is 0 Å². The molecule has 0 N–H and O–H groups in total. The zero-order chi connectivity index (χ0) is 17.8. The first kappa shape index (κ1) is 16.6. The topological polar surface area (TPSA) is 46.6 Å². The maximum Gasteiger partial charge on any atom is 0.411 e. The van der Waals surface area contributed by atoms with Crippen LogP contribution in [-0.2, 0) is 9.53 Å². The summed E-state index contributed by atoms with van der Waals surface area (Å²) >= 11 is 0. The van der Waals surface area contributed by atoms with Gasteiger partial charge >= 0.3 is 6.09 Å². The lowest BCUT2D eigenvalue weighted by molar-refractivity contribution is -0.124. The van der Waals surface area contributed by atoms with Crippen LogP contribution in [0.1, 0.15) is 57.9 Å². The molecule has 3 fully saturated rings. The summed E-state index contributed by atoms with van der Waals surface area (Å²) in [5.74, 6) is 1.68. The average Bonchev–Trinajstić information content (AvgIpc) is 3.44. The number of carbonyl (C=O) groups is 2. The van der Waals surface area contributed by atoms with Gasteiger partial charge in [-0.05, 0) is 63.4 Å². The van der Waals surface area contributed by atoms with E-state index in [9.17, 15) is 9.59 Å². The van der Waals surface area contributed by atoms with Crippen LogP contribution in [0.5, 0.6) is 0 Å². The number of fused-ring (bicyclic) bond motifs is 1. The molecule has 1 heterocycles. The van der Waals surface area contributed by atoms with E-state index in [1.54, 1.807) is 4.90 Å². The highest BCUT2D eigenvalue weighted by molar-refractivity contribution is 5.89. The number of nitrogens with zero attached hydrogens (tertiary/aromatic N) is 1. The van der Waals surface area contributed by atoms with Crippen molar-refractivity contribution in [2.45, 2.75) is 70.1 Å². The summed E-state index contributed by atoms with van der Waals surface area (Å²) in [5.41, 5.74) is 0.811. The fraction of sp³-hybridized carbons (Fsp3) is 0.619. The summed E-state index contributed by atoms with van der Waals surface area (Å²) in [6, 6.07) is 10.4. The minimum Gasteiger partial charge on any atom is -0.444 e. The van der Waals surface area contributed by atoms with Crippen LogP contribution in [0.3, 0.4) is 0 Å². The molecular weight excluding hydrogens is 314 g/mol. The molecule has 0 radical (unpaired) electrons. The molecule has 1 aliphatic heterocycles. The zero-order valence-corrected chi connectivity index (χ0v) is 15.3. The van der Waals surface area contributed by atoms with E-state index in [4.69, 9.17) is 4.74 Å². The summed E-state index contributed by atoms with van der Waals surface area (Å²) < 4.78 is 5.54. The fourth-order valence-corrected chi connectivity index (χ4v) is 4.30. The van der Waals surface area contributed by atoms with E-state index in [-0.39, 0.29) is 24.0 Å². The van der Waals surface area contributed by atoms with Crippen molar-refractivity contribution < 1.29 is 14.3 Å². The number of amides is 1. The molecule has 2 saturated carbocycles. The van der Waals surface area contributed by atoms with E-state index in [0.717, 1.165) is 19.3 Å². The third kappa shape index (κ3) is 3.44. The summed E-state index contributed by atoms with van der Waals surface area (Å²) in [7, 11) is 0. The van der Waals surface area contributed by atoms with E-state index in [0.29, 0.717) is 24.2 Å². The van der Waals surface area contributed by atoms with Gasteiger partial charge in [0, 0.05) is 12.5 Å². The molecule has 1 saturated heterocycles. The Bertz CT molecular complexity index is 678. The predicted molar refractivity (Wildman–Crippen MR) is 95.3 cm³/mol.